The number of hydrogen-bond donors (Lipinski definition) is 2. The lowest BCUT2D eigenvalue weighted by atomic mass is 9.87. The van der Waals surface area contributed by atoms with Gasteiger partial charge in [0.1, 0.15) is 18.1 Å². The molecule has 0 spiro atoms. The quantitative estimate of drug-likeness (QED) is 0.415. The van der Waals surface area contributed by atoms with Gasteiger partial charge in [-0.15, -0.1) is 0 Å². The molecule has 0 saturated carbocycles. The van der Waals surface area contributed by atoms with Gasteiger partial charge in [0.05, 0.1) is 36.4 Å². The number of methoxy groups -OCH3 is 1. The molecule has 2 N–H and O–H groups in total. The molecule has 8 atom stereocenters. The van der Waals surface area contributed by atoms with E-state index < -0.39 is 24.2 Å². The van der Waals surface area contributed by atoms with Crippen molar-refractivity contribution in [1.82, 2.24) is 4.98 Å². The van der Waals surface area contributed by atoms with Crippen LogP contribution in [0.3, 0.4) is 0 Å². The van der Waals surface area contributed by atoms with Crippen LogP contribution in [0.1, 0.15) is 96.8 Å². The third-order valence-corrected chi connectivity index (χ3v) is 7.73. The van der Waals surface area contributed by atoms with Crippen LogP contribution in [0.2, 0.25) is 0 Å². The third-order valence-electron chi connectivity index (χ3n) is 7.73. The van der Waals surface area contributed by atoms with Crippen LogP contribution >= 0.6 is 0 Å². The molecule has 3 rings (SSSR count). The fourth-order valence-electron chi connectivity index (χ4n) is 5.16. The van der Waals surface area contributed by atoms with E-state index in [4.69, 9.17) is 18.6 Å². The summed E-state index contributed by atoms with van der Waals surface area (Å²) in [6.45, 7) is 11.8. The highest BCUT2D eigenvalue weighted by molar-refractivity contribution is 5.72. The normalized spacial score (nSPS) is 34.1. The van der Waals surface area contributed by atoms with Gasteiger partial charge in [0.15, 0.2) is 0 Å². The van der Waals surface area contributed by atoms with Crippen LogP contribution in [0, 0.1) is 11.8 Å². The van der Waals surface area contributed by atoms with E-state index in [0.29, 0.717) is 30.8 Å². The second kappa shape index (κ2) is 13.7. The Balaban J connectivity index is 1.78. The molecule has 0 aliphatic carbocycles. The highest BCUT2D eigenvalue weighted by Crippen LogP contribution is 2.32. The fourth-order valence-corrected chi connectivity index (χ4v) is 5.16. The van der Waals surface area contributed by atoms with Crippen molar-refractivity contribution in [3.05, 3.63) is 35.6 Å². The average Bonchev–Trinajstić information content (AvgIpc) is 3.30. The minimum absolute atomic E-state index is 0.0454. The first-order chi connectivity index (χ1) is 17.5. The molecule has 0 amide bonds. The summed E-state index contributed by atoms with van der Waals surface area (Å²) in [4.78, 5) is 17.6. The van der Waals surface area contributed by atoms with Crippen LogP contribution in [-0.4, -0.2) is 58.8 Å². The van der Waals surface area contributed by atoms with Gasteiger partial charge in [0, 0.05) is 26.0 Å². The molecule has 2 bridgehead atoms. The molecule has 2 aliphatic rings. The molecule has 1 aromatic rings. The summed E-state index contributed by atoms with van der Waals surface area (Å²) < 4.78 is 23.1. The van der Waals surface area contributed by atoms with Gasteiger partial charge in [-0.05, 0) is 63.9 Å². The van der Waals surface area contributed by atoms with Crippen LogP contribution in [0.5, 0.6) is 0 Å². The number of nitrogens with zero attached hydrogens (tertiary/aromatic N) is 1. The smallest absolute Gasteiger partial charge is 0.309 e. The molecule has 1 unspecified atom stereocenters. The van der Waals surface area contributed by atoms with Crippen LogP contribution < -0.4 is 0 Å². The summed E-state index contributed by atoms with van der Waals surface area (Å²) in [6, 6.07) is 0. The SMILES string of the molecule is C=C1C[C@H]2CCC[C@H](O)CC(c3coc(/C=C(\C)[C@@H](C)OC)n3)OC(=O)[C@@H](C)C[C@H](C)[C@@H](O)C[C@@H](C1)O2. The number of aromatic nitrogens is 1. The summed E-state index contributed by atoms with van der Waals surface area (Å²) in [5.41, 5.74) is 2.56. The lowest BCUT2D eigenvalue weighted by Crippen LogP contribution is -2.34. The summed E-state index contributed by atoms with van der Waals surface area (Å²) in [5, 5.41) is 21.7. The Kier molecular flexibility index (Phi) is 10.9. The standard InChI is InChI=1S/C29H45NO7/c1-17-10-23-9-7-8-22(31)14-27(25-16-35-28(30-25)13-18(2)21(5)34-6)37-29(33)20(4)12-19(3)26(32)15-24(11-17)36-23/h13,16,19-24,26-27,31-32H,1,7-12,14-15H2,2-6H3/b18-13+/t19-,20-,21+,22-,23+,24+,26-,27?/m0/s1. The van der Waals surface area contributed by atoms with Crippen molar-refractivity contribution in [2.45, 2.75) is 116 Å². The van der Waals surface area contributed by atoms with Crippen molar-refractivity contribution in [2.24, 2.45) is 11.8 Å². The molecule has 8 nitrogen and oxygen atoms in total. The number of aliphatic hydroxyl groups excluding tert-OH is 2. The van der Waals surface area contributed by atoms with Gasteiger partial charge in [0.25, 0.3) is 0 Å². The summed E-state index contributed by atoms with van der Waals surface area (Å²) in [5.74, 6) is -0.521. The zero-order chi connectivity index (χ0) is 27.1. The lowest BCUT2D eigenvalue weighted by molar-refractivity contribution is -0.156. The Bertz CT molecular complexity index is 925. The topological polar surface area (TPSA) is 111 Å². The number of oxazole rings is 1. The number of fused-ring (bicyclic) bond motifs is 2. The number of rotatable bonds is 4. The van der Waals surface area contributed by atoms with E-state index in [-0.39, 0.29) is 36.6 Å². The summed E-state index contributed by atoms with van der Waals surface area (Å²) in [6.07, 6.45) is 6.07. The molecular weight excluding hydrogens is 474 g/mol. The Morgan fingerprint density at radius 3 is 2.65 bits per heavy atom. The van der Waals surface area contributed by atoms with Gasteiger partial charge >= 0.3 is 5.97 Å². The van der Waals surface area contributed by atoms with E-state index >= 15 is 0 Å². The molecule has 0 radical (unpaired) electrons. The molecule has 2 fully saturated rings. The minimum atomic E-state index is -0.737. The van der Waals surface area contributed by atoms with Crippen molar-refractivity contribution < 1.29 is 33.6 Å². The molecule has 1 aromatic heterocycles. The molecule has 2 saturated heterocycles. The van der Waals surface area contributed by atoms with Gasteiger partial charge in [-0.1, -0.05) is 26.0 Å². The second-order valence-electron chi connectivity index (χ2n) is 11.1. The zero-order valence-electron chi connectivity index (χ0n) is 23.0. The van der Waals surface area contributed by atoms with Crippen molar-refractivity contribution in [2.75, 3.05) is 7.11 Å². The zero-order valence-corrected chi connectivity index (χ0v) is 23.0. The number of esters is 1. The van der Waals surface area contributed by atoms with E-state index in [1.165, 1.54) is 6.26 Å². The molecular formula is C29H45NO7. The van der Waals surface area contributed by atoms with E-state index in [0.717, 1.165) is 36.8 Å². The highest BCUT2D eigenvalue weighted by atomic mass is 16.5. The summed E-state index contributed by atoms with van der Waals surface area (Å²) >= 11 is 0. The molecule has 37 heavy (non-hydrogen) atoms. The molecule has 208 valence electrons. The average molecular weight is 520 g/mol. The Morgan fingerprint density at radius 2 is 1.92 bits per heavy atom. The number of cyclic esters (lactones) is 1. The molecule has 0 aromatic carbocycles. The number of ether oxygens (including phenoxy) is 3. The van der Waals surface area contributed by atoms with Crippen LogP contribution in [0.25, 0.3) is 6.08 Å². The molecule has 8 heteroatoms. The van der Waals surface area contributed by atoms with Crippen molar-refractivity contribution in [3.8, 4) is 0 Å². The first kappa shape index (κ1) is 29.6. The Morgan fingerprint density at radius 1 is 1.19 bits per heavy atom. The Hall–Kier alpha value is -2.00. The fraction of sp³-hybridized carbons (Fsp3) is 0.724. The van der Waals surface area contributed by atoms with E-state index in [9.17, 15) is 15.0 Å². The third kappa shape index (κ3) is 8.77. The highest BCUT2D eigenvalue weighted by Gasteiger charge is 2.32. The van der Waals surface area contributed by atoms with Crippen LogP contribution in [0.4, 0.5) is 0 Å². The first-order valence-electron chi connectivity index (χ1n) is 13.6. The van der Waals surface area contributed by atoms with E-state index in [2.05, 4.69) is 11.6 Å². The maximum absolute atomic E-state index is 13.1. The maximum atomic E-state index is 13.1. The van der Waals surface area contributed by atoms with Gasteiger partial charge in [0.2, 0.25) is 5.89 Å². The summed E-state index contributed by atoms with van der Waals surface area (Å²) in [7, 11) is 1.64. The lowest BCUT2D eigenvalue weighted by Gasteiger charge is -2.34. The number of carbonyl (C=O) groups is 1. The second-order valence-corrected chi connectivity index (χ2v) is 11.1. The largest absolute Gasteiger partial charge is 0.455 e. The maximum Gasteiger partial charge on any atom is 0.309 e. The molecule has 2 aliphatic heterocycles. The first-order valence-corrected chi connectivity index (χ1v) is 13.6. The van der Waals surface area contributed by atoms with E-state index in [1.54, 1.807) is 13.2 Å². The number of hydrogen-bond acceptors (Lipinski definition) is 8. The van der Waals surface area contributed by atoms with Gasteiger partial charge in [-0.2, -0.15) is 0 Å². The Labute approximate surface area is 221 Å². The monoisotopic (exact) mass is 519 g/mol. The van der Waals surface area contributed by atoms with Crippen molar-refractivity contribution in [1.29, 1.82) is 0 Å². The van der Waals surface area contributed by atoms with Gasteiger partial charge in [-0.25, -0.2) is 4.98 Å². The van der Waals surface area contributed by atoms with Gasteiger partial charge in [-0.3, -0.25) is 4.79 Å². The van der Waals surface area contributed by atoms with Crippen molar-refractivity contribution in [3.63, 3.8) is 0 Å². The predicted octanol–water partition coefficient (Wildman–Crippen LogP) is 5.15. The molecule has 3 heterocycles. The number of aliphatic hydroxyl groups is 2. The van der Waals surface area contributed by atoms with Gasteiger partial charge < -0.3 is 28.8 Å². The predicted molar refractivity (Wildman–Crippen MR) is 141 cm³/mol. The van der Waals surface area contributed by atoms with E-state index in [1.807, 2.05) is 27.7 Å². The number of carbonyl (C=O) groups excluding carboxylic acids is 1. The van der Waals surface area contributed by atoms with Crippen LogP contribution in [-0.2, 0) is 19.0 Å². The minimum Gasteiger partial charge on any atom is -0.455 e. The van der Waals surface area contributed by atoms with Crippen molar-refractivity contribution >= 4 is 12.0 Å². The van der Waals surface area contributed by atoms with Crippen LogP contribution in [0.15, 0.2) is 28.4 Å².